The highest BCUT2D eigenvalue weighted by atomic mass is 35.5. The number of carbonyl (C=O) groups excluding carboxylic acids is 2. The molecular formula is C30H34ClN3O5. The molecule has 206 valence electrons. The maximum atomic E-state index is 13.3. The van der Waals surface area contributed by atoms with Gasteiger partial charge in [-0.05, 0) is 41.7 Å². The minimum Gasteiger partial charge on any atom is -0.491 e. The number of aliphatic hydroxyl groups is 1. The normalized spacial score (nSPS) is 20.3. The number of amides is 1. The first-order chi connectivity index (χ1) is 18.3. The van der Waals surface area contributed by atoms with E-state index in [0.29, 0.717) is 24.3 Å². The molecule has 3 aromatic rings. The Hall–Kier alpha value is -3.88. The summed E-state index contributed by atoms with van der Waals surface area (Å²) < 4.78 is 10.8. The van der Waals surface area contributed by atoms with Crippen LogP contribution in [0.15, 0.2) is 78.9 Å². The van der Waals surface area contributed by atoms with E-state index in [9.17, 15) is 14.7 Å². The SMILES string of the molecule is COC(=O)[C@]1(O)C(=O)N(CCCc2ccccc2)[C@H](COc2ccc(-c3ccc(C(=N)N)cc3)cc2)C1C.Cl. The number of nitrogens with two attached hydrogens (primary N) is 1. The number of nitrogen functional groups attached to an aromatic ring is 1. The molecule has 4 rings (SSSR count). The van der Waals surface area contributed by atoms with Crippen molar-refractivity contribution in [1.82, 2.24) is 4.90 Å². The van der Waals surface area contributed by atoms with Crippen LogP contribution in [0.4, 0.5) is 0 Å². The number of nitrogens with zero attached hydrogens (tertiary/aromatic N) is 1. The molecular weight excluding hydrogens is 518 g/mol. The molecule has 1 unspecified atom stereocenters. The van der Waals surface area contributed by atoms with Crippen LogP contribution < -0.4 is 10.5 Å². The number of halogens is 1. The van der Waals surface area contributed by atoms with Crippen molar-refractivity contribution in [3.8, 4) is 16.9 Å². The lowest BCUT2D eigenvalue weighted by Crippen LogP contribution is -2.50. The largest absolute Gasteiger partial charge is 0.491 e. The first-order valence-electron chi connectivity index (χ1n) is 12.6. The second-order valence-corrected chi connectivity index (χ2v) is 9.53. The number of benzene rings is 3. The molecule has 8 nitrogen and oxygen atoms in total. The van der Waals surface area contributed by atoms with E-state index >= 15 is 0 Å². The van der Waals surface area contributed by atoms with E-state index in [4.69, 9.17) is 20.6 Å². The number of ether oxygens (including phenoxy) is 2. The van der Waals surface area contributed by atoms with Crippen LogP contribution in [0.25, 0.3) is 11.1 Å². The Bertz CT molecular complexity index is 1280. The average Bonchev–Trinajstić information content (AvgIpc) is 3.13. The van der Waals surface area contributed by atoms with Crippen LogP contribution in [0.1, 0.15) is 24.5 Å². The molecule has 39 heavy (non-hydrogen) atoms. The topological polar surface area (TPSA) is 126 Å². The summed E-state index contributed by atoms with van der Waals surface area (Å²) in [6.07, 6.45) is 1.44. The van der Waals surface area contributed by atoms with E-state index < -0.39 is 29.4 Å². The minimum atomic E-state index is -2.24. The van der Waals surface area contributed by atoms with Crippen LogP contribution in [0.3, 0.4) is 0 Å². The molecule has 9 heteroatoms. The molecule has 3 aromatic carbocycles. The summed E-state index contributed by atoms with van der Waals surface area (Å²) in [4.78, 5) is 27.3. The number of likely N-dealkylation sites (tertiary alicyclic amines) is 1. The van der Waals surface area contributed by atoms with Gasteiger partial charge in [0.15, 0.2) is 0 Å². The monoisotopic (exact) mass is 551 g/mol. The van der Waals surface area contributed by atoms with Crippen LogP contribution in [0, 0.1) is 11.3 Å². The second kappa shape index (κ2) is 12.8. The van der Waals surface area contributed by atoms with Crippen molar-refractivity contribution in [2.45, 2.75) is 31.4 Å². The number of rotatable bonds is 10. The van der Waals surface area contributed by atoms with Crippen molar-refractivity contribution in [3.05, 3.63) is 90.0 Å². The van der Waals surface area contributed by atoms with Crippen molar-refractivity contribution in [2.75, 3.05) is 20.3 Å². The third-order valence-electron chi connectivity index (χ3n) is 7.23. The zero-order valence-corrected chi connectivity index (χ0v) is 22.8. The lowest BCUT2D eigenvalue weighted by atomic mass is 9.88. The first-order valence-corrected chi connectivity index (χ1v) is 12.6. The van der Waals surface area contributed by atoms with Crippen LogP contribution >= 0.6 is 12.4 Å². The molecule has 0 aliphatic carbocycles. The van der Waals surface area contributed by atoms with Crippen LogP contribution in [0.2, 0.25) is 0 Å². The standard InChI is InChI=1S/C30H33N3O5.ClH/c1-20-26(19-38-25-16-14-23(15-17-25)22-10-12-24(13-11-22)27(31)32)33(28(34)30(20,36)29(35)37-2)18-6-9-21-7-4-3-5-8-21;/h3-5,7-8,10-17,20,26,36H,6,9,18-19H2,1-2H3,(H3,31,32);1H/t20?,26-,30-;/m1./s1. The Labute approximate surface area is 234 Å². The van der Waals surface area contributed by atoms with Gasteiger partial charge in [-0.3, -0.25) is 10.2 Å². The summed E-state index contributed by atoms with van der Waals surface area (Å²) in [5, 5.41) is 18.7. The number of carbonyl (C=O) groups is 2. The fourth-order valence-electron chi connectivity index (χ4n) is 4.91. The van der Waals surface area contributed by atoms with Crippen molar-refractivity contribution in [2.24, 2.45) is 11.7 Å². The molecule has 0 radical (unpaired) electrons. The Kier molecular flexibility index (Phi) is 9.72. The summed E-state index contributed by atoms with van der Waals surface area (Å²) in [7, 11) is 1.17. The van der Waals surface area contributed by atoms with Gasteiger partial charge >= 0.3 is 5.97 Å². The number of methoxy groups -OCH3 is 1. The van der Waals surface area contributed by atoms with Crippen molar-refractivity contribution < 1.29 is 24.2 Å². The van der Waals surface area contributed by atoms with E-state index in [0.717, 1.165) is 23.1 Å². The summed E-state index contributed by atoms with van der Waals surface area (Å²) in [6, 6.07) is 24.4. The quantitative estimate of drug-likeness (QED) is 0.152. The lowest BCUT2D eigenvalue weighted by Gasteiger charge is -2.27. The van der Waals surface area contributed by atoms with Gasteiger partial charge in [-0.25, -0.2) is 4.79 Å². The van der Waals surface area contributed by atoms with Crippen molar-refractivity contribution in [1.29, 1.82) is 5.41 Å². The van der Waals surface area contributed by atoms with Gasteiger partial charge in [-0.1, -0.05) is 73.7 Å². The molecule has 0 aromatic heterocycles. The van der Waals surface area contributed by atoms with E-state index in [-0.39, 0.29) is 24.8 Å². The minimum absolute atomic E-state index is 0. The summed E-state index contributed by atoms with van der Waals surface area (Å²) in [6.45, 7) is 2.17. The van der Waals surface area contributed by atoms with Gasteiger partial charge in [-0.2, -0.15) is 0 Å². The summed E-state index contributed by atoms with van der Waals surface area (Å²) in [5.74, 6) is -1.70. The predicted octanol–water partition coefficient (Wildman–Crippen LogP) is 3.82. The lowest BCUT2D eigenvalue weighted by molar-refractivity contribution is -0.171. The molecule has 1 aliphatic heterocycles. The molecule has 4 N–H and O–H groups in total. The second-order valence-electron chi connectivity index (χ2n) is 9.53. The van der Waals surface area contributed by atoms with Crippen LogP contribution in [0.5, 0.6) is 5.75 Å². The molecule has 1 amide bonds. The van der Waals surface area contributed by atoms with Crippen LogP contribution in [-0.2, 0) is 20.7 Å². The molecule has 1 aliphatic rings. The van der Waals surface area contributed by atoms with Crippen molar-refractivity contribution in [3.63, 3.8) is 0 Å². The highest BCUT2D eigenvalue weighted by Gasteiger charge is 2.62. The van der Waals surface area contributed by atoms with E-state index in [1.807, 2.05) is 66.7 Å². The number of amidine groups is 1. The Morgan fingerprint density at radius 2 is 1.62 bits per heavy atom. The highest BCUT2D eigenvalue weighted by molar-refractivity contribution is 6.08. The van der Waals surface area contributed by atoms with E-state index in [1.54, 1.807) is 24.0 Å². The third-order valence-corrected chi connectivity index (χ3v) is 7.23. The zero-order valence-electron chi connectivity index (χ0n) is 22.0. The number of esters is 1. The zero-order chi connectivity index (χ0) is 27.3. The Balaban J connectivity index is 0.00000420. The number of hydrogen-bond acceptors (Lipinski definition) is 6. The Morgan fingerprint density at radius 3 is 2.18 bits per heavy atom. The molecule has 0 bridgehead atoms. The van der Waals surface area contributed by atoms with E-state index in [1.165, 1.54) is 7.11 Å². The Morgan fingerprint density at radius 1 is 1.03 bits per heavy atom. The molecule has 0 spiro atoms. The molecule has 0 saturated carbocycles. The van der Waals surface area contributed by atoms with Gasteiger partial charge in [0, 0.05) is 18.0 Å². The maximum absolute atomic E-state index is 13.3. The van der Waals surface area contributed by atoms with Gasteiger partial charge in [0.1, 0.15) is 18.2 Å². The number of hydrogen-bond donors (Lipinski definition) is 3. The van der Waals surface area contributed by atoms with E-state index in [2.05, 4.69) is 0 Å². The fourth-order valence-corrected chi connectivity index (χ4v) is 4.91. The number of nitrogens with one attached hydrogen (secondary N) is 1. The molecule has 3 atom stereocenters. The summed E-state index contributed by atoms with van der Waals surface area (Å²) in [5.41, 5.74) is 7.05. The molecule has 1 fully saturated rings. The third kappa shape index (κ3) is 6.24. The van der Waals surface area contributed by atoms with Gasteiger partial charge in [0.05, 0.1) is 13.2 Å². The first kappa shape index (κ1) is 29.7. The van der Waals surface area contributed by atoms with Crippen molar-refractivity contribution >= 4 is 30.1 Å². The maximum Gasteiger partial charge on any atom is 0.348 e. The molecule has 1 heterocycles. The van der Waals surface area contributed by atoms with Gasteiger partial charge < -0.3 is 25.2 Å². The fraction of sp³-hybridized carbons (Fsp3) is 0.300. The number of aryl methyl sites for hydroxylation is 1. The van der Waals surface area contributed by atoms with Gasteiger partial charge in [0.25, 0.3) is 5.91 Å². The predicted molar refractivity (Wildman–Crippen MR) is 152 cm³/mol. The highest BCUT2D eigenvalue weighted by Crippen LogP contribution is 2.36. The molecule has 1 saturated heterocycles. The summed E-state index contributed by atoms with van der Waals surface area (Å²) >= 11 is 0. The average molecular weight is 552 g/mol. The van der Waals surface area contributed by atoms with Crippen LogP contribution in [-0.4, -0.2) is 59.6 Å². The smallest absolute Gasteiger partial charge is 0.348 e. The van der Waals surface area contributed by atoms with Gasteiger partial charge in [-0.15, -0.1) is 12.4 Å². The van der Waals surface area contributed by atoms with Gasteiger partial charge in [0.2, 0.25) is 5.60 Å².